The lowest BCUT2D eigenvalue weighted by Crippen LogP contribution is -2.04. The van der Waals surface area contributed by atoms with Gasteiger partial charge in [0.05, 0.1) is 5.56 Å². The Hall–Kier alpha value is -1.64. The van der Waals surface area contributed by atoms with E-state index >= 15 is 0 Å². The summed E-state index contributed by atoms with van der Waals surface area (Å²) in [5, 5.41) is 9.52. The molecule has 1 N–H and O–H groups in total. The third-order valence-corrected chi connectivity index (χ3v) is 2.23. The number of rotatable bonds is 4. The van der Waals surface area contributed by atoms with Gasteiger partial charge in [0, 0.05) is 12.8 Å². The second kappa shape index (κ2) is 4.73. The maximum absolute atomic E-state index is 11.7. The molecule has 1 aromatic rings. The number of carbonyl (C=O) groups excluding carboxylic acids is 2. The number of phenols is 1. The van der Waals surface area contributed by atoms with Crippen molar-refractivity contribution in [2.24, 2.45) is 0 Å². The van der Waals surface area contributed by atoms with Crippen LogP contribution in [-0.4, -0.2) is 16.7 Å². The molecule has 0 saturated carbocycles. The van der Waals surface area contributed by atoms with Crippen LogP contribution in [0.4, 0.5) is 0 Å². The van der Waals surface area contributed by atoms with E-state index in [-0.39, 0.29) is 30.2 Å². The quantitative estimate of drug-likeness (QED) is 0.769. The summed E-state index contributed by atoms with van der Waals surface area (Å²) in [5.41, 5.74) is 1.07. The molecule has 0 atom stereocenters. The van der Waals surface area contributed by atoms with E-state index < -0.39 is 0 Å². The highest BCUT2D eigenvalue weighted by Crippen LogP contribution is 2.22. The number of ketones is 2. The molecule has 0 unspecified atom stereocenters. The minimum atomic E-state index is -0.180. The Morgan fingerprint density at radius 3 is 2.47 bits per heavy atom. The van der Waals surface area contributed by atoms with Gasteiger partial charge < -0.3 is 9.90 Å². The summed E-state index contributed by atoms with van der Waals surface area (Å²) in [7, 11) is 0. The topological polar surface area (TPSA) is 54.4 Å². The Morgan fingerprint density at radius 2 is 1.93 bits per heavy atom. The summed E-state index contributed by atoms with van der Waals surface area (Å²) in [4.78, 5) is 22.4. The van der Waals surface area contributed by atoms with Crippen LogP contribution in [0.25, 0.3) is 0 Å². The molecular weight excluding hydrogens is 192 g/mol. The highest BCUT2D eigenvalue weighted by molar-refractivity contribution is 6.01. The van der Waals surface area contributed by atoms with Crippen molar-refractivity contribution in [1.82, 2.24) is 0 Å². The monoisotopic (exact) mass is 206 g/mol. The van der Waals surface area contributed by atoms with E-state index in [0.29, 0.717) is 5.56 Å². The molecular formula is C12H14O3. The van der Waals surface area contributed by atoms with Gasteiger partial charge in [0.15, 0.2) is 5.78 Å². The zero-order valence-corrected chi connectivity index (χ0v) is 8.91. The Balaban J connectivity index is 2.86. The van der Waals surface area contributed by atoms with Crippen molar-refractivity contribution in [2.45, 2.75) is 26.7 Å². The summed E-state index contributed by atoms with van der Waals surface area (Å²) >= 11 is 0. The van der Waals surface area contributed by atoms with E-state index in [1.165, 1.54) is 13.0 Å². The predicted octanol–water partition coefficient (Wildman–Crippen LogP) is 2.25. The maximum Gasteiger partial charge on any atom is 0.167 e. The lowest BCUT2D eigenvalue weighted by atomic mass is 10.00. The van der Waals surface area contributed by atoms with E-state index in [9.17, 15) is 14.7 Å². The fourth-order valence-electron chi connectivity index (χ4n) is 1.43. The van der Waals surface area contributed by atoms with E-state index in [4.69, 9.17) is 0 Å². The summed E-state index contributed by atoms with van der Waals surface area (Å²) in [5.74, 6) is -0.208. The number of aryl methyl sites for hydroxylation is 1. The Bertz CT molecular complexity index is 374. The van der Waals surface area contributed by atoms with Gasteiger partial charge in [-0.1, -0.05) is 12.1 Å². The first-order chi connectivity index (χ1) is 7.02. The predicted molar refractivity (Wildman–Crippen MR) is 57.1 cm³/mol. The standard InChI is InChI=1S/C12H14O3/c1-8-4-3-5-10(14)12(8)11(15)7-6-9(2)13/h3-5,14H,6-7H2,1-2H3. The summed E-state index contributed by atoms with van der Waals surface area (Å²) in [6.07, 6.45) is 0.389. The zero-order chi connectivity index (χ0) is 11.4. The number of Topliss-reactive ketones (excluding diaryl/α,β-unsaturated/α-hetero) is 2. The van der Waals surface area contributed by atoms with Gasteiger partial charge in [-0.15, -0.1) is 0 Å². The van der Waals surface area contributed by atoms with E-state index in [0.717, 1.165) is 5.56 Å². The van der Waals surface area contributed by atoms with Crippen LogP contribution in [0.5, 0.6) is 5.75 Å². The Kier molecular flexibility index (Phi) is 3.61. The molecule has 0 bridgehead atoms. The van der Waals surface area contributed by atoms with Crippen LogP contribution in [0.15, 0.2) is 18.2 Å². The minimum Gasteiger partial charge on any atom is -0.507 e. The van der Waals surface area contributed by atoms with Crippen molar-refractivity contribution < 1.29 is 14.7 Å². The van der Waals surface area contributed by atoms with Crippen molar-refractivity contribution in [2.75, 3.05) is 0 Å². The SMILES string of the molecule is CC(=O)CCC(=O)c1c(C)cccc1O. The van der Waals surface area contributed by atoms with Gasteiger partial charge in [-0.25, -0.2) is 0 Å². The molecule has 0 spiro atoms. The van der Waals surface area contributed by atoms with Gasteiger partial charge in [0.1, 0.15) is 11.5 Å². The molecule has 80 valence electrons. The molecule has 0 aliphatic heterocycles. The van der Waals surface area contributed by atoms with Gasteiger partial charge in [-0.3, -0.25) is 4.79 Å². The third kappa shape index (κ3) is 2.91. The number of hydrogen-bond donors (Lipinski definition) is 1. The number of hydrogen-bond acceptors (Lipinski definition) is 3. The van der Waals surface area contributed by atoms with Crippen LogP contribution < -0.4 is 0 Å². The van der Waals surface area contributed by atoms with Gasteiger partial charge in [0.2, 0.25) is 0 Å². The normalized spacial score (nSPS) is 10.0. The number of benzene rings is 1. The molecule has 1 rings (SSSR count). The van der Waals surface area contributed by atoms with Gasteiger partial charge >= 0.3 is 0 Å². The third-order valence-electron chi connectivity index (χ3n) is 2.23. The largest absolute Gasteiger partial charge is 0.507 e. The van der Waals surface area contributed by atoms with Crippen LogP contribution in [0.1, 0.15) is 35.7 Å². The van der Waals surface area contributed by atoms with Crippen molar-refractivity contribution in [3.8, 4) is 5.75 Å². The minimum absolute atomic E-state index is 0.0106. The lowest BCUT2D eigenvalue weighted by molar-refractivity contribution is -0.116. The smallest absolute Gasteiger partial charge is 0.167 e. The van der Waals surface area contributed by atoms with Crippen molar-refractivity contribution in [3.05, 3.63) is 29.3 Å². The molecule has 3 nitrogen and oxygen atoms in total. The van der Waals surface area contributed by atoms with Crippen molar-refractivity contribution in [3.63, 3.8) is 0 Å². The van der Waals surface area contributed by atoms with Crippen LogP contribution in [0.2, 0.25) is 0 Å². The van der Waals surface area contributed by atoms with Crippen LogP contribution >= 0.6 is 0 Å². The molecule has 0 radical (unpaired) electrons. The first-order valence-corrected chi connectivity index (χ1v) is 4.83. The Morgan fingerprint density at radius 1 is 1.27 bits per heavy atom. The molecule has 0 saturated heterocycles. The van der Waals surface area contributed by atoms with Gasteiger partial charge in [-0.05, 0) is 25.5 Å². The number of phenolic OH excluding ortho intramolecular Hbond substituents is 1. The van der Waals surface area contributed by atoms with E-state index in [1.54, 1.807) is 19.1 Å². The highest BCUT2D eigenvalue weighted by Gasteiger charge is 2.13. The number of carbonyl (C=O) groups is 2. The van der Waals surface area contributed by atoms with Gasteiger partial charge in [0.25, 0.3) is 0 Å². The maximum atomic E-state index is 11.7. The molecule has 0 heterocycles. The molecule has 3 heteroatoms. The first kappa shape index (κ1) is 11.4. The van der Waals surface area contributed by atoms with Crippen LogP contribution in [0.3, 0.4) is 0 Å². The van der Waals surface area contributed by atoms with Gasteiger partial charge in [-0.2, -0.15) is 0 Å². The summed E-state index contributed by atoms with van der Waals surface area (Å²) in [6.45, 7) is 3.21. The van der Waals surface area contributed by atoms with Crippen molar-refractivity contribution in [1.29, 1.82) is 0 Å². The summed E-state index contributed by atoms with van der Waals surface area (Å²) < 4.78 is 0. The second-order valence-electron chi connectivity index (χ2n) is 3.59. The van der Waals surface area contributed by atoms with E-state index in [1.807, 2.05) is 0 Å². The highest BCUT2D eigenvalue weighted by atomic mass is 16.3. The Labute approximate surface area is 88.7 Å². The lowest BCUT2D eigenvalue weighted by Gasteiger charge is -2.06. The average Bonchev–Trinajstić information content (AvgIpc) is 2.14. The fourth-order valence-corrected chi connectivity index (χ4v) is 1.43. The summed E-state index contributed by atoms with van der Waals surface area (Å²) in [6, 6.07) is 4.93. The first-order valence-electron chi connectivity index (χ1n) is 4.83. The fraction of sp³-hybridized carbons (Fsp3) is 0.333. The van der Waals surface area contributed by atoms with Crippen LogP contribution in [-0.2, 0) is 4.79 Å². The molecule has 0 aromatic heterocycles. The second-order valence-corrected chi connectivity index (χ2v) is 3.59. The molecule has 0 fully saturated rings. The molecule has 0 aliphatic carbocycles. The average molecular weight is 206 g/mol. The zero-order valence-electron chi connectivity index (χ0n) is 8.91. The number of aromatic hydroxyl groups is 1. The van der Waals surface area contributed by atoms with E-state index in [2.05, 4.69) is 0 Å². The molecule has 15 heavy (non-hydrogen) atoms. The van der Waals surface area contributed by atoms with Crippen molar-refractivity contribution >= 4 is 11.6 Å². The molecule has 0 amide bonds. The van der Waals surface area contributed by atoms with Crippen LogP contribution in [0, 0.1) is 6.92 Å². The molecule has 1 aromatic carbocycles. The molecule has 0 aliphatic rings.